The first-order valence-electron chi connectivity index (χ1n) is 4.24. The van der Waals surface area contributed by atoms with Crippen molar-refractivity contribution in [3.63, 3.8) is 0 Å². The van der Waals surface area contributed by atoms with Crippen molar-refractivity contribution in [1.29, 1.82) is 0 Å². The van der Waals surface area contributed by atoms with Crippen LogP contribution in [0.15, 0.2) is 24.5 Å². The highest BCUT2D eigenvalue weighted by atomic mass is 127. The summed E-state index contributed by atoms with van der Waals surface area (Å²) in [6.45, 7) is 0. The lowest BCUT2D eigenvalue weighted by Gasteiger charge is -2.08. The lowest BCUT2D eigenvalue weighted by Crippen LogP contribution is -1.92. The summed E-state index contributed by atoms with van der Waals surface area (Å²) in [5.74, 6) is -0.114. The summed E-state index contributed by atoms with van der Waals surface area (Å²) in [6, 6.07) is 3.29. The highest BCUT2D eigenvalue weighted by Gasteiger charge is 2.13. The summed E-state index contributed by atoms with van der Waals surface area (Å²) < 4.78 is 19.4. The fourth-order valence-electron chi connectivity index (χ4n) is 1.38. The van der Waals surface area contributed by atoms with Crippen molar-refractivity contribution >= 4 is 22.6 Å². The Morgan fingerprint density at radius 3 is 2.87 bits per heavy atom. The molecule has 0 aliphatic heterocycles. The number of nitrogens with zero attached hydrogens (tertiary/aromatic N) is 1. The van der Waals surface area contributed by atoms with Crippen LogP contribution in [0.3, 0.4) is 0 Å². The molecule has 1 aromatic carbocycles. The van der Waals surface area contributed by atoms with E-state index < -0.39 is 0 Å². The quantitative estimate of drug-likeness (QED) is 0.865. The second kappa shape index (κ2) is 4.18. The first-order valence-corrected chi connectivity index (χ1v) is 5.32. The molecule has 2 aromatic rings. The number of hydrogen-bond acceptors (Lipinski definition) is 2. The Balaban J connectivity index is 2.64. The zero-order chi connectivity index (χ0) is 10.8. The molecule has 1 heterocycles. The van der Waals surface area contributed by atoms with E-state index in [0.717, 1.165) is 9.13 Å². The zero-order valence-electron chi connectivity index (χ0n) is 7.92. The molecule has 5 heteroatoms. The van der Waals surface area contributed by atoms with Gasteiger partial charge in [0.05, 0.1) is 13.3 Å². The van der Waals surface area contributed by atoms with Crippen molar-refractivity contribution in [1.82, 2.24) is 10.2 Å². The number of methoxy groups -OCH3 is 1. The van der Waals surface area contributed by atoms with E-state index in [1.807, 2.05) is 6.07 Å². The molecule has 0 fully saturated rings. The molecule has 1 N–H and O–H groups in total. The summed E-state index contributed by atoms with van der Waals surface area (Å²) in [5.41, 5.74) is 1.51. The van der Waals surface area contributed by atoms with Gasteiger partial charge in [0, 0.05) is 20.9 Å². The minimum Gasteiger partial charge on any atom is -0.493 e. The number of aromatic amines is 1. The second-order valence-corrected chi connectivity index (χ2v) is 4.20. The summed E-state index contributed by atoms with van der Waals surface area (Å²) in [5, 5.41) is 6.52. The number of rotatable bonds is 2. The number of nitrogens with one attached hydrogen (secondary N) is 1. The van der Waals surface area contributed by atoms with Gasteiger partial charge in [-0.15, -0.1) is 0 Å². The van der Waals surface area contributed by atoms with Gasteiger partial charge in [0.25, 0.3) is 0 Å². The van der Waals surface area contributed by atoms with Gasteiger partial charge in [-0.05, 0) is 34.7 Å². The Hall–Kier alpha value is -1.11. The van der Waals surface area contributed by atoms with Gasteiger partial charge in [0.15, 0.2) is 11.6 Å². The summed E-state index contributed by atoms with van der Waals surface area (Å²) in [7, 11) is 1.45. The van der Waals surface area contributed by atoms with Crippen molar-refractivity contribution in [2.24, 2.45) is 0 Å². The number of hydrogen-bond donors (Lipinski definition) is 1. The van der Waals surface area contributed by atoms with Gasteiger partial charge in [-0.3, -0.25) is 5.10 Å². The first kappa shape index (κ1) is 10.4. The van der Waals surface area contributed by atoms with Crippen molar-refractivity contribution in [2.45, 2.75) is 0 Å². The van der Waals surface area contributed by atoms with Gasteiger partial charge in [0.1, 0.15) is 0 Å². The van der Waals surface area contributed by atoms with E-state index in [0.29, 0.717) is 5.56 Å². The van der Waals surface area contributed by atoms with E-state index >= 15 is 0 Å². The van der Waals surface area contributed by atoms with Crippen LogP contribution in [0.5, 0.6) is 5.75 Å². The van der Waals surface area contributed by atoms with E-state index in [-0.39, 0.29) is 11.6 Å². The largest absolute Gasteiger partial charge is 0.493 e. The molecule has 0 radical (unpaired) electrons. The van der Waals surface area contributed by atoms with E-state index in [2.05, 4.69) is 32.8 Å². The predicted molar refractivity (Wildman–Crippen MR) is 63.3 cm³/mol. The number of aromatic nitrogens is 2. The van der Waals surface area contributed by atoms with Crippen molar-refractivity contribution in [2.75, 3.05) is 7.11 Å². The van der Waals surface area contributed by atoms with Crippen molar-refractivity contribution in [3.8, 4) is 16.9 Å². The standard InChI is InChI=1S/C10H8FIN2O/c1-15-10-8(6-4-13-14-5-6)2-7(12)3-9(10)11/h2-5H,1H3,(H,13,14). The monoisotopic (exact) mass is 318 g/mol. The van der Waals surface area contributed by atoms with Crippen molar-refractivity contribution < 1.29 is 9.13 Å². The molecule has 0 atom stereocenters. The molecule has 2 rings (SSSR count). The molecule has 78 valence electrons. The summed E-state index contributed by atoms with van der Waals surface area (Å²) in [6.07, 6.45) is 3.33. The van der Waals surface area contributed by atoms with Crippen LogP contribution in [0, 0.1) is 9.39 Å². The minimum absolute atomic E-state index is 0.247. The topological polar surface area (TPSA) is 37.9 Å². The van der Waals surface area contributed by atoms with Gasteiger partial charge < -0.3 is 4.74 Å². The van der Waals surface area contributed by atoms with Gasteiger partial charge in [0.2, 0.25) is 0 Å². The Morgan fingerprint density at radius 2 is 2.27 bits per heavy atom. The lowest BCUT2D eigenvalue weighted by atomic mass is 10.1. The van der Waals surface area contributed by atoms with E-state index in [4.69, 9.17) is 4.74 Å². The van der Waals surface area contributed by atoms with Gasteiger partial charge in [-0.1, -0.05) is 0 Å². The number of halogens is 2. The maximum atomic E-state index is 13.5. The smallest absolute Gasteiger partial charge is 0.166 e. The van der Waals surface area contributed by atoms with Crippen LogP contribution in [-0.4, -0.2) is 17.3 Å². The van der Waals surface area contributed by atoms with E-state index in [1.165, 1.54) is 13.2 Å². The van der Waals surface area contributed by atoms with Crippen LogP contribution in [0.4, 0.5) is 4.39 Å². The Kier molecular flexibility index (Phi) is 2.90. The molecule has 1 aromatic heterocycles. The third-order valence-electron chi connectivity index (χ3n) is 2.02. The molecule has 0 saturated carbocycles. The molecule has 0 saturated heterocycles. The molecule has 0 aliphatic rings. The first-order chi connectivity index (χ1) is 7.22. The normalized spacial score (nSPS) is 10.3. The summed E-state index contributed by atoms with van der Waals surface area (Å²) >= 11 is 2.06. The highest BCUT2D eigenvalue weighted by Crippen LogP contribution is 2.33. The van der Waals surface area contributed by atoms with Gasteiger partial charge >= 0.3 is 0 Å². The zero-order valence-corrected chi connectivity index (χ0v) is 10.1. The third-order valence-corrected chi connectivity index (χ3v) is 2.64. The van der Waals surface area contributed by atoms with Crippen LogP contribution in [0.25, 0.3) is 11.1 Å². The SMILES string of the molecule is COc1c(F)cc(I)cc1-c1cn[nH]c1. The molecular weight excluding hydrogens is 310 g/mol. The second-order valence-electron chi connectivity index (χ2n) is 2.96. The van der Waals surface area contributed by atoms with Crippen LogP contribution in [-0.2, 0) is 0 Å². The van der Waals surface area contributed by atoms with Crippen LogP contribution in [0.2, 0.25) is 0 Å². The molecule has 0 aliphatic carbocycles. The van der Waals surface area contributed by atoms with Gasteiger partial charge in [-0.2, -0.15) is 5.10 Å². The van der Waals surface area contributed by atoms with Crippen molar-refractivity contribution in [3.05, 3.63) is 33.9 Å². The number of ether oxygens (including phenoxy) is 1. The molecule has 15 heavy (non-hydrogen) atoms. The highest BCUT2D eigenvalue weighted by molar-refractivity contribution is 14.1. The maximum absolute atomic E-state index is 13.5. The third kappa shape index (κ3) is 1.97. The molecule has 0 bridgehead atoms. The fraction of sp³-hybridized carbons (Fsp3) is 0.100. The average molecular weight is 318 g/mol. The maximum Gasteiger partial charge on any atom is 0.166 e. The van der Waals surface area contributed by atoms with Crippen LogP contribution < -0.4 is 4.74 Å². The fourth-order valence-corrected chi connectivity index (χ4v) is 1.97. The number of benzene rings is 1. The predicted octanol–water partition coefficient (Wildman–Crippen LogP) is 2.83. The number of H-pyrrole nitrogens is 1. The average Bonchev–Trinajstić information content (AvgIpc) is 2.69. The van der Waals surface area contributed by atoms with E-state index in [1.54, 1.807) is 12.4 Å². The molecule has 0 spiro atoms. The Bertz CT molecular complexity index is 471. The Labute approximate surface area is 99.8 Å². The Morgan fingerprint density at radius 1 is 1.47 bits per heavy atom. The van der Waals surface area contributed by atoms with Gasteiger partial charge in [-0.25, -0.2) is 4.39 Å². The molecule has 3 nitrogen and oxygen atoms in total. The van der Waals surface area contributed by atoms with Crippen LogP contribution >= 0.6 is 22.6 Å². The minimum atomic E-state index is -0.361. The summed E-state index contributed by atoms with van der Waals surface area (Å²) in [4.78, 5) is 0. The molecular formula is C10H8FIN2O. The van der Waals surface area contributed by atoms with E-state index in [9.17, 15) is 4.39 Å². The lowest BCUT2D eigenvalue weighted by molar-refractivity contribution is 0.388. The molecule has 0 amide bonds. The molecule has 0 unspecified atom stereocenters. The van der Waals surface area contributed by atoms with Crippen LogP contribution in [0.1, 0.15) is 0 Å².